The number of nitrogens with zero attached hydrogens (tertiary/aromatic N) is 2. The van der Waals surface area contributed by atoms with Gasteiger partial charge in [-0.1, -0.05) is 13.3 Å². The Kier molecular flexibility index (Phi) is 10.6. The second-order valence-corrected chi connectivity index (χ2v) is 11.6. The van der Waals surface area contributed by atoms with E-state index in [2.05, 4.69) is 11.6 Å². The number of amides is 1. The Bertz CT molecular complexity index is 1040. The maximum Gasteiger partial charge on any atom is 0.236 e. The minimum absolute atomic E-state index is 0.00624. The van der Waals surface area contributed by atoms with Gasteiger partial charge in [0.1, 0.15) is 6.29 Å². The molecule has 0 spiro atoms. The first-order valence-corrected chi connectivity index (χ1v) is 14.8. The van der Waals surface area contributed by atoms with Gasteiger partial charge in [0.05, 0.1) is 12.8 Å². The number of rotatable bonds is 15. The first-order chi connectivity index (χ1) is 17.7. The van der Waals surface area contributed by atoms with E-state index in [-0.39, 0.29) is 49.2 Å². The Morgan fingerprint density at radius 2 is 2.03 bits per heavy atom. The second kappa shape index (κ2) is 13.4. The maximum atomic E-state index is 13.4. The van der Waals surface area contributed by atoms with Gasteiger partial charge in [0.2, 0.25) is 28.5 Å². The molecule has 2 heterocycles. The number of unbranched alkanes of at least 4 members (excludes halogenated alkanes) is 2. The molecule has 3 rings (SSSR count). The lowest BCUT2D eigenvalue weighted by atomic mass is 9.85. The third-order valence-corrected chi connectivity index (χ3v) is 7.76. The molecule has 12 heteroatoms. The van der Waals surface area contributed by atoms with E-state index < -0.39 is 15.9 Å². The summed E-state index contributed by atoms with van der Waals surface area (Å²) in [7, 11) is -3.40. The summed E-state index contributed by atoms with van der Waals surface area (Å²) in [5.74, 6) is -0.217. The number of benzene rings is 1. The van der Waals surface area contributed by atoms with E-state index in [0.717, 1.165) is 38.2 Å². The lowest BCUT2D eigenvalue weighted by Gasteiger charge is -2.29. The summed E-state index contributed by atoms with van der Waals surface area (Å²) >= 11 is 0. The lowest BCUT2D eigenvalue weighted by molar-refractivity contribution is -0.133. The summed E-state index contributed by atoms with van der Waals surface area (Å²) in [4.78, 5) is 29.6. The largest absolute Gasteiger partial charge is 0.504 e. The van der Waals surface area contributed by atoms with Crippen molar-refractivity contribution in [2.75, 3.05) is 52.3 Å². The van der Waals surface area contributed by atoms with Crippen LogP contribution in [0.15, 0.2) is 12.1 Å². The van der Waals surface area contributed by atoms with E-state index in [1.54, 1.807) is 12.1 Å². The summed E-state index contributed by atoms with van der Waals surface area (Å²) in [6.07, 6.45) is 5.84. The Morgan fingerprint density at radius 1 is 1.27 bits per heavy atom. The van der Waals surface area contributed by atoms with Crippen LogP contribution in [0.2, 0.25) is 0 Å². The van der Waals surface area contributed by atoms with Gasteiger partial charge in [-0.3, -0.25) is 9.69 Å². The molecule has 0 radical (unpaired) electrons. The highest BCUT2D eigenvalue weighted by Crippen LogP contribution is 2.46. The Morgan fingerprint density at radius 3 is 2.70 bits per heavy atom. The fourth-order valence-corrected chi connectivity index (χ4v) is 5.63. The molecule has 208 valence electrons. The van der Waals surface area contributed by atoms with Crippen molar-refractivity contribution in [3.8, 4) is 17.2 Å². The lowest BCUT2D eigenvalue weighted by Crippen LogP contribution is -2.45. The number of aldehydes is 1. The monoisotopic (exact) mass is 540 g/mol. The van der Waals surface area contributed by atoms with E-state index in [9.17, 15) is 23.1 Å². The zero-order chi connectivity index (χ0) is 27.0. The molecular formula is C25H40N4O7S. The highest BCUT2D eigenvalue weighted by molar-refractivity contribution is 7.88. The minimum atomic E-state index is -3.40. The third kappa shape index (κ3) is 7.79. The van der Waals surface area contributed by atoms with Crippen molar-refractivity contribution in [2.45, 2.75) is 51.0 Å². The van der Waals surface area contributed by atoms with E-state index in [1.165, 1.54) is 0 Å². The first kappa shape index (κ1) is 29.2. The SMILES string of the molecule is CCCCN(CCCCN)C(=O)CN1C[C@H](c2cc(O)c3c(c2)OCO3)[C@@H](C=O)[C@@H]1CCNS(C)(=O)=O. The van der Waals surface area contributed by atoms with Crippen LogP contribution in [0.25, 0.3) is 0 Å². The zero-order valence-corrected chi connectivity index (χ0v) is 22.5. The molecule has 11 nitrogen and oxygen atoms in total. The standard InChI is InChI=1S/C25H40N4O7S/c1-3-4-10-28(11-6-5-8-26)24(32)15-29-14-19(18-12-22(31)25-23(13-18)35-17-36-25)20(16-30)21(29)7-9-27-37(2,33)34/h12-13,16,19-21,27,31H,3-11,14-15,17,26H2,1-2H3/t19-,20-,21+/m1/s1. The van der Waals surface area contributed by atoms with Crippen LogP contribution in [0.4, 0.5) is 0 Å². The Balaban J connectivity index is 1.83. The van der Waals surface area contributed by atoms with Crippen LogP contribution >= 0.6 is 0 Å². The number of fused-ring (bicyclic) bond motifs is 1. The zero-order valence-electron chi connectivity index (χ0n) is 21.7. The molecule has 1 aromatic carbocycles. The topological polar surface area (TPSA) is 152 Å². The molecule has 0 aromatic heterocycles. The molecule has 0 bridgehead atoms. The number of carbonyl (C=O) groups is 2. The molecule has 0 unspecified atom stereocenters. The van der Waals surface area contributed by atoms with Crippen LogP contribution in [0, 0.1) is 5.92 Å². The molecule has 0 aliphatic carbocycles. The quantitative estimate of drug-likeness (QED) is 0.219. The van der Waals surface area contributed by atoms with Gasteiger partial charge < -0.3 is 30.0 Å². The molecule has 2 aliphatic heterocycles. The number of nitrogens with one attached hydrogen (secondary N) is 1. The number of nitrogens with two attached hydrogens (primary N) is 1. The second-order valence-electron chi connectivity index (χ2n) is 9.78. The number of phenols is 1. The normalized spacial score (nSPS) is 21.3. The van der Waals surface area contributed by atoms with Gasteiger partial charge in [0, 0.05) is 44.1 Å². The number of sulfonamides is 1. The van der Waals surface area contributed by atoms with Crippen LogP contribution in [-0.4, -0.2) is 93.9 Å². The van der Waals surface area contributed by atoms with Gasteiger partial charge >= 0.3 is 0 Å². The number of hydrogen-bond acceptors (Lipinski definition) is 9. The fourth-order valence-electron chi connectivity index (χ4n) is 5.14. The molecule has 4 N–H and O–H groups in total. The summed E-state index contributed by atoms with van der Waals surface area (Å²) in [6.45, 7) is 4.61. The van der Waals surface area contributed by atoms with Crippen molar-refractivity contribution >= 4 is 22.2 Å². The van der Waals surface area contributed by atoms with E-state index in [4.69, 9.17) is 15.2 Å². The number of ether oxygens (including phenoxy) is 2. The highest BCUT2D eigenvalue weighted by atomic mass is 32.2. The van der Waals surface area contributed by atoms with Crippen molar-refractivity contribution in [3.63, 3.8) is 0 Å². The summed E-state index contributed by atoms with van der Waals surface area (Å²) in [5.41, 5.74) is 6.34. The average Bonchev–Trinajstić information content (AvgIpc) is 3.45. The van der Waals surface area contributed by atoms with Gasteiger partial charge in [-0.15, -0.1) is 0 Å². The van der Waals surface area contributed by atoms with Gasteiger partial charge in [-0.05, 0) is 49.9 Å². The van der Waals surface area contributed by atoms with Crippen molar-refractivity contribution in [1.29, 1.82) is 0 Å². The van der Waals surface area contributed by atoms with Gasteiger partial charge in [0.25, 0.3) is 0 Å². The Labute approximate surface area is 219 Å². The predicted octanol–water partition coefficient (Wildman–Crippen LogP) is 1.01. The molecular weight excluding hydrogens is 500 g/mol. The molecule has 1 amide bonds. The summed E-state index contributed by atoms with van der Waals surface area (Å²) in [5, 5.41) is 10.4. The van der Waals surface area contributed by atoms with Crippen LogP contribution in [0.3, 0.4) is 0 Å². The van der Waals surface area contributed by atoms with E-state index in [0.29, 0.717) is 43.9 Å². The number of phenolic OH excluding ortho intramolecular Hbond substituents is 1. The third-order valence-electron chi connectivity index (χ3n) is 7.03. The van der Waals surface area contributed by atoms with E-state index >= 15 is 0 Å². The van der Waals surface area contributed by atoms with Gasteiger partial charge in [-0.25, -0.2) is 13.1 Å². The summed E-state index contributed by atoms with van der Waals surface area (Å²) < 4.78 is 36.5. The first-order valence-electron chi connectivity index (χ1n) is 12.9. The summed E-state index contributed by atoms with van der Waals surface area (Å²) in [6, 6.07) is 2.98. The van der Waals surface area contributed by atoms with Crippen molar-refractivity contribution in [1.82, 2.24) is 14.5 Å². The van der Waals surface area contributed by atoms with Crippen LogP contribution < -0.4 is 19.9 Å². The van der Waals surface area contributed by atoms with Gasteiger partial charge in [0.15, 0.2) is 11.5 Å². The minimum Gasteiger partial charge on any atom is -0.504 e. The average molecular weight is 541 g/mol. The maximum absolute atomic E-state index is 13.4. The molecule has 1 aromatic rings. The number of carbonyl (C=O) groups excluding carboxylic acids is 2. The Hall–Kier alpha value is -2.41. The van der Waals surface area contributed by atoms with Crippen LogP contribution in [0.5, 0.6) is 17.2 Å². The molecule has 1 saturated heterocycles. The van der Waals surface area contributed by atoms with E-state index in [1.807, 2.05) is 9.80 Å². The van der Waals surface area contributed by atoms with Crippen LogP contribution in [-0.2, 0) is 19.6 Å². The fraction of sp³-hybridized carbons (Fsp3) is 0.680. The number of likely N-dealkylation sites (tertiary alicyclic amines) is 1. The number of aromatic hydroxyl groups is 1. The number of hydrogen-bond donors (Lipinski definition) is 3. The molecule has 3 atom stereocenters. The smallest absolute Gasteiger partial charge is 0.236 e. The molecule has 37 heavy (non-hydrogen) atoms. The molecule has 1 fully saturated rings. The molecule has 0 saturated carbocycles. The van der Waals surface area contributed by atoms with Crippen molar-refractivity contribution in [2.24, 2.45) is 11.7 Å². The highest BCUT2D eigenvalue weighted by Gasteiger charge is 2.43. The van der Waals surface area contributed by atoms with Gasteiger partial charge in [-0.2, -0.15) is 0 Å². The van der Waals surface area contributed by atoms with Crippen LogP contribution in [0.1, 0.15) is 50.5 Å². The predicted molar refractivity (Wildman–Crippen MR) is 139 cm³/mol. The van der Waals surface area contributed by atoms with Crippen molar-refractivity contribution < 1.29 is 32.6 Å². The molecule has 2 aliphatic rings. The van der Waals surface area contributed by atoms with Crippen molar-refractivity contribution in [3.05, 3.63) is 17.7 Å².